The van der Waals surface area contributed by atoms with Crippen molar-refractivity contribution in [1.82, 2.24) is 9.88 Å². The molecule has 19 heavy (non-hydrogen) atoms. The van der Waals surface area contributed by atoms with Crippen LogP contribution in [0.15, 0.2) is 42.7 Å². The normalized spacial score (nSPS) is 10.2. The van der Waals surface area contributed by atoms with Gasteiger partial charge in [0.2, 0.25) is 0 Å². The van der Waals surface area contributed by atoms with Crippen LogP contribution in [0.4, 0.5) is 0 Å². The highest BCUT2D eigenvalue weighted by Crippen LogP contribution is 2.24. The number of halogens is 1. The molecule has 0 aliphatic carbocycles. The highest BCUT2D eigenvalue weighted by Gasteiger charge is 2.13. The second-order valence-electron chi connectivity index (χ2n) is 4.18. The zero-order chi connectivity index (χ0) is 13.8. The molecule has 1 aromatic carbocycles. The lowest BCUT2D eigenvalue weighted by atomic mass is 10.2. The van der Waals surface area contributed by atoms with Gasteiger partial charge in [-0.3, -0.25) is 9.78 Å². The largest absolute Gasteiger partial charge is 0.506 e. The summed E-state index contributed by atoms with van der Waals surface area (Å²) in [5.41, 5.74) is 1.44. The van der Waals surface area contributed by atoms with Gasteiger partial charge in [-0.1, -0.05) is 11.6 Å². The van der Waals surface area contributed by atoms with E-state index in [0.29, 0.717) is 12.1 Å². The summed E-state index contributed by atoms with van der Waals surface area (Å²) in [5.74, 6) is -0.186. The summed E-state index contributed by atoms with van der Waals surface area (Å²) in [7, 11) is 1.71. The third-order valence-electron chi connectivity index (χ3n) is 2.71. The number of hydrogen-bond donors (Lipinski definition) is 1. The second kappa shape index (κ2) is 5.71. The molecule has 1 heterocycles. The number of rotatable bonds is 3. The van der Waals surface area contributed by atoms with E-state index < -0.39 is 0 Å². The number of aromatic nitrogens is 1. The summed E-state index contributed by atoms with van der Waals surface area (Å²) in [6.45, 7) is 0.486. The summed E-state index contributed by atoms with van der Waals surface area (Å²) in [5, 5.41) is 9.51. The number of hydrogen-bond acceptors (Lipinski definition) is 3. The molecule has 0 saturated heterocycles. The minimum absolute atomic E-state index is 0.0324. The summed E-state index contributed by atoms with van der Waals surface area (Å²) in [6.07, 6.45) is 3.37. The van der Waals surface area contributed by atoms with Gasteiger partial charge in [0.05, 0.1) is 5.02 Å². The third kappa shape index (κ3) is 3.23. The summed E-state index contributed by atoms with van der Waals surface area (Å²) in [6, 6.07) is 8.13. The maximum Gasteiger partial charge on any atom is 0.253 e. The second-order valence-corrected chi connectivity index (χ2v) is 4.59. The van der Waals surface area contributed by atoms with E-state index in [4.69, 9.17) is 11.6 Å². The topological polar surface area (TPSA) is 53.4 Å². The SMILES string of the molecule is CN(Cc1ccncc1)C(=O)c1ccc(O)c(Cl)c1. The number of aromatic hydroxyl groups is 1. The maximum atomic E-state index is 12.2. The van der Waals surface area contributed by atoms with Gasteiger partial charge in [0.15, 0.2) is 0 Å². The Labute approximate surface area is 116 Å². The highest BCUT2D eigenvalue weighted by molar-refractivity contribution is 6.32. The van der Waals surface area contributed by atoms with Crippen molar-refractivity contribution in [3.63, 3.8) is 0 Å². The molecule has 1 N–H and O–H groups in total. The highest BCUT2D eigenvalue weighted by atomic mass is 35.5. The van der Waals surface area contributed by atoms with Gasteiger partial charge in [0.25, 0.3) is 5.91 Å². The van der Waals surface area contributed by atoms with Crippen molar-refractivity contribution in [2.75, 3.05) is 7.05 Å². The minimum atomic E-state index is -0.154. The van der Waals surface area contributed by atoms with Crippen molar-refractivity contribution in [2.45, 2.75) is 6.54 Å². The van der Waals surface area contributed by atoms with Crippen LogP contribution in [-0.4, -0.2) is 27.9 Å². The molecule has 0 bridgehead atoms. The zero-order valence-corrected chi connectivity index (χ0v) is 11.1. The Hall–Kier alpha value is -2.07. The van der Waals surface area contributed by atoms with Gasteiger partial charge in [-0.05, 0) is 35.9 Å². The monoisotopic (exact) mass is 276 g/mol. The fourth-order valence-corrected chi connectivity index (χ4v) is 1.87. The molecule has 0 unspecified atom stereocenters. The predicted octanol–water partition coefficient (Wildman–Crippen LogP) is 2.71. The number of phenols is 1. The van der Waals surface area contributed by atoms with Crippen molar-refractivity contribution >= 4 is 17.5 Å². The number of carbonyl (C=O) groups excluding carboxylic acids is 1. The van der Waals surface area contributed by atoms with Gasteiger partial charge >= 0.3 is 0 Å². The van der Waals surface area contributed by atoms with Gasteiger partial charge in [-0.15, -0.1) is 0 Å². The van der Waals surface area contributed by atoms with Crippen molar-refractivity contribution in [3.05, 3.63) is 58.9 Å². The number of carbonyl (C=O) groups is 1. The molecule has 4 nitrogen and oxygen atoms in total. The van der Waals surface area contributed by atoms with Crippen LogP contribution in [0, 0.1) is 0 Å². The molecule has 98 valence electrons. The first-order chi connectivity index (χ1) is 9.08. The van der Waals surface area contributed by atoms with E-state index in [2.05, 4.69) is 4.98 Å². The maximum absolute atomic E-state index is 12.2. The van der Waals surface area contributed by atoms with E-state index in [1.165, 1.54) is 12.1 Å². The zero-order valence-electron chi connectivity index (χ0n) is 10.4. The van der Waals surface area contributed by atoms with Gasteiger partial charge in [-0.2, -0.15) is 0 Å². The molecular formula is C14H13ClN2O2. The average Bonchev–Trinajstić information content (AvgIpc) is 2.42. The quantitative estimate of drug-likeness (QED) is 0.938. The third-order valence-corrected chi connectivity index (χ3v) is 3.01. The molecule has 0 aliphatic rings. The summed E-state index contributed by atoms with van der Waals surface area (Å²) < 4.78 is 0. The molecule has 1 aromatic heterocycles. The molecular weight excluding hydrogens is 264 g/mol. The van der Waals surface area contributed by atoms with Crippen molar-refractivity contribution in [3.8, 4) is 5.75 Å². The first kappa shape index (κ1) is 13.4. The van der Waals surface area contributed by atoms with E-state index in [0.717, 1.165) is 5.56 Å². The lowest BCUT2D eigenvalue weighted by Gasteiger charge is -2.17. The van der Waals surface area contributed by atoms with Crippen LogP contribution in [0.5, 0.6) is 5.75 Å². The Bertz CT molecular complexity index is 587. The van der Waals surface area contributed by atoms with E-state index >= 15 is 0 Å². The van der Waals surface area contributed by atoms with Crippen LogP contribution >= 0.6 is 11.6 Å². The lowest BCUT2D eigenvalue weighted by molar-refractivity contribution is 0.0785. The number of benzene rings is 1. The fourth-order valence-electron chi connectivity index (χ4n) is 1.69. The van der Waals surface area contributed by atoms with Crippen molar-refractivity contribution in [1.29, 1.82) is 0 Å². The Balaban J connectivity index is 2.12. The van der Waals surface area contributed by atoms with E-state index in [-0.39, 0.29) is 16.7 Å². The smallest absolute Gasteiger partial charge is 0.253 e. The van der Waals surface area contributed by atoms with Crippen molar-refractivity contribution < 1.29 is 9.90 Å². The van der Waals surface area contributed by atoms with Crippen LogP contribution in [0.25, 0.3) is 0 Å². The first-order valence-electron chi connectivity index (χ1n) is 5.71. The molecule has 1 amide bonds. The number of nitrogens with zero attached hydrogens (tertiary/aromatic N) is 2. The van der Waals surface area contributed by atoms with Crippen LogP contribution < -0.4 is 0 Å². The summed E-state index contributed by atoms with van der Waals surface area (Å²) in [4.78, 5) is 17.7. The van der Waals surface area contributed by atoms with Crippen LogP contribution in [-0.2, 0) is 6.54 Å². The minimum Gasteiger partial charge on any atom is -0.506 e. The number of amides is 1. The van der Waals surface area contributed by atoms with Crippen LogP contribution in [0.1, 0.15) is 15.9 Å². The summed E-state index contributed by atoms with van der Waals surface area (Å²) >= 11 is 5.79. The number of phenolic OH excluding ortho intramolecular Hbond substituents is 1. The molecule has 0 radical (unpaired) electrons. The van der Waals surface area contributed by atoms with Crippen molar-refractivity contribution in [2.24, 2.45) is 0 Å². The predicted molar refractivity (Wildman–Crippen MR) is 73.2 cm³/mol. The molecule has 0 aliphatic heterocycles. The van der Waals surface area contributed by atoms with Gasteiger partial charge < -0.3 is 10.0 Å². The average molecular weight is 277 g/mol. The molecule has 2 rings (SSSR count). The van der Waals surface area contributed by atoms with Crippen LogP contribution in [0.2, 0.25) is 5.02 Å². The number of pyridine rings is 1. The van der Waals surface area contributed by atoms with E-state index in [9.17, 15) is 9.90 Å². The molecule has 5 heteroatoms. The molecule has 0 spiro atoms. The Morgan fingerprint density at radius 3 is 2.63 bits per heavy atom. The van der Waals surface area contributed by atoms with Gasteiger partial charge in [0, 0.05) is 31.5 Å². The molecule has 0 atom stereocenters. The molecule has 0 saturated carbocycles. The van der Waals surface area contributed by atoms with E-state index in [1.807, 2.05) is 12.1 Å². The van der Waals surface area contributed by atoms with Gasteiger partial charge in [-0.25, -0.2) is 0 Å². The van der Waals surface area contributed by atoms with Gasteiger partial charge in [0.1, 0.15) is 5.75 Å². The fraction of sp³-hybridized carbons (Fsp3) is 0.143. The lowest BCUT2D eigenvalue weighted by Crippen LogP contribution is -2.26. The standard InChI is InChI=1S/C14H13ClN2O2/c1-17(9-10-4-6-16-7-5-10)14(19)11-2-3-13(18)12(15)8-11/h2-8,18H,9H2,1H3. The first-order valence-corrected chi connectivity index (χ1v) is 6.08. The Morgan fingerprint density at radius 1 is 1.32 bits per heavy atom. The Kier molecular flexibility index (Phi) is 4.02. The van der Waals surface area contributed by atoms with Crippen LogP contribution in [0.3, 0.4) is 0 Å². The van der Waals surface area contributed by atoms with E-state index in [1.54, 1.807) is 30.4 Å². The molecule has 2 aromatic rings. The molecule has 0 fully saturated rings. The Morgan fingerprint density at radius 2 is 2.00 bits per heavy atom.